The van der Waals surface area contributed by atoms with Gasteiger partial charge < -0.3 is 10.1 Å². The molecule has 1 aliphatic rings. The summed E-state index contributed by atoms with van der Waals surface area (Å²) in [6.45, 7) is 5.32. The number of ether oxygens (including phenoxy) is 1. The Hall–Kier alpha value is -1.19. The summed E-state index contributed by atoms with van der Waals surface area (Å²) >= 11 is 0. The smallest absolute Gasteiger partial charge is 0.144 e. The highest BCUT2D eigenvalue weighted by Crippen LogP contribution is 2.20. The summed E-state index contributed by atoms with van der Waals surface area (Å²) in [5, 5.41) is 3.16. The van der Waals surface area contributed by atoms with Crippen LogP contribution in [0.3, 0.4) is 0 Å². The highest BCUT2D eigenvalue weighted by atomic mass is 16.5. The minimum atomic E-state index is -0.00555. The van der Waals surface area contributed by atoms with Gasteiger partial charge in [0.25, 0.3) is 0 Å². The maximum absolute atomic E-state index is 12.4. The van der Waals surface area contributed by atoms with E-state index in [-0.39, 0.29) is 17.7 Å². The standard InChI is InChI=1S/C15H21NO2/c1-10-5-4-6-11(2)12(10)7-15(17)13-8-18-9-14(13)16-3/h4-6,13-14,16H,7-9H2,1-3H3. The molecule has 1 aromatic rings. The van der Waals surface area contributed by atoms with E-state index in [1.165, 1.54) is 16.7 Å². The highest BCUT2D eigenvalue weighted by molar-refractivity contribution is 5.85. The van der Waals surface area contributed by atoms with Crippen LogP contribution in [0.4, 0.5) is 0 Å². The van der Waals surface area contributed by atoms with Crippen molar-refractivity contribution in [1.29, 1.82) is 0 Å². The number of nitrogens with one attached hydrogen (secondary N) is 1. The maximum Gasteiger partial charge on any atom is 0.144 e. The number of likely N-dealkylation sites (N-methyl/N-ethyl adjacent to an activating group) is 1. The van der Waals surface area contributed by atoms with Crippen LogP contribution in [0.25, 0.3) is 0 Å². The molecule has 3 nitrogen and oxygen atoms in total. The summed E-state index contributed by atoms with van der Waals surface area (Å²) < 4.78 is 5.40. The van der Waals surface area contributed by atoms with Gasteiger partial charge in [-0.05, 0) is 37.6 Å². The lowest BCUT2D eigenvalue weighted by Gasteiger charge is -2.17. The molecule has 1 aromatic carbocycles. The Kier molecular flexibility index (Phi) is 4.15. The van der Waals surface area contributed by atoms with Gasteiger partial charge in [-0.1, -0.05) is 18.2 Å². The molecule has 0 bridgehead atoms. The lowest BCUT2D eigenvalue weighted by molar-refractivity contribution is -0.122. The van der Waals surface area contributed by atoms with Crippen molar-refractivity contribution in [2.24, 2.45) is 5.92 Å². The number of rotatable bonds is 4. The van der Waals surface area contributed by atoms with Crippen LogP contribution in [0.15, 0.2) is 18.2 Å². The molecule has 1 aliphatic heterocycles. The van der Waals surface area contributed by atoms with Crippen molar-refractivity contribution in [1.82, 2.24) is 5.32 Å². The quantitative estimate of drug-likeness (QED) is 0.879. The number of hydrogen-bond acceptors (Lipinski definition) is 3. The average Bonchev–Trinajstić information content (AvgIpc) is 2.82. The summed E-state index contributed by atoms with van der Waals surface area (Å²) in [7, 11) is 1.89. The fraction of sp³-hybridized carbons (Fsp3) is 0.533. The predicted octanol–water partition coefficient (Wildman–Crippen LogP) is 1.65. The van der Waals surface area contributed by atoms with E-state index < -0.39 is 0 Å². The van der Waals surface area contributed by atoms with Gasteiger partial charge in [-0.3, -0.25) is 4.79 Å². The Morgan fingerprint density at radius 2 is 2.00 bits per heavy atom. The van der Waals surface area contributed by atoms with Gasteiger partial charge in [0.1, 0.15) is 5.78 Å². The number of hydrogen-bond donors (Lipinski definition) is 1. The van der Waals surface area contributed by atoms with Gasteiger partial charge in [0.05, 0.1) is 19.1 Å². The molecule has 18 heavy (non-hydrogen) atoms. The number of benzene rings is 1. The molecule has 1 heterocycles. The largest absolute Gasteiger partial charge is 0.379 e. The summed E-state index contributed by atoms with van der Waals surface area (Å²) in [5.41, 5.74) is 3.57. The van der Waals surface area contributed by atoms with E-state index in [1.807, 2.05) is 13.1 Å². The van der Waals surface area contributed by atoms with Crippen molar-refractivity contribution >= 4 is 5.78 Å². The molecule has 2 rings (SSSR count). The third-order valence-electron chi connectivity index (χ3n) is 3.86. The second-order valence-electron chi connectivity index (χ2n) is 5.05. The van der Waals surface area contributed by atoms with Crippen LogP contribution in [0, 0.1) is 19.8 Å². The Bertz CT molecular complexity index is 422. The van der Waals surface area contributed by atoms with E-state index in [1.54, 1.807) is 0 Å². The van der Waals surface area contributed by atoms with Crippen LogP contribution < -0.4 is 5.32 Å². The fourth-order valence-electron chi connectivity index (χ4n) is 2.59. The molecule has 98 valence electrons. The van der Waals surface area contributed by atoms with Gasteiger partial charge in [0.15, 0.2) is 0 Å². The second kappa shape index (κ2) is 5.63. The lowest BCUT2D eigenvalue weighted by Crippen LogP contribution is -2.37. The van der Waals surface area contributed by atoms with E-state index >= 15 is 0 Å². The van der Waals surface area contributed by atoms with Crippen LogP contribution in [0.2, 0.25) is 0 Å². The third kappa shape index (κ3) is 2.62. The molecule has 3 heteroatoms. The van der Waals surface area contributed by atoms with Crippen molar-refractivity contribution in [3.63, 3.8) is 0 Å². The first-order valence-electron chi connectivity index (χ1n) is 6.46. The third-order valence-corrected chi connectivity index (χ3v) is 3.86. The summed E-state index contributed by atoms with van der Waals surface area (Å²) in [6, 6.07) is 6.34. The SMILES string of the molecule is CNC1COCC1C(=O)Cc1c(C)cccc1C. The predicted molar refractivity (Wildman–Crippen MR) is 71.8 cm³/mol. The van der Waals surface area contributed by atoms with Crippen molar-refractivity contribution in [2.45, 2.75) is 26.3 Å². The molecule has 1 saturated heterocycles. The van der Waals surface area contributed by atoms with Crippen LogP contribution in [0.5, 0.6) is 0 Å². The first-order valence-corrected chi connectivity index (χ1v) is 6.46. The molecule has 2 unspecified atom stereocenters. The van der Waals surface area contributed by atoms with Crippen LogP contribution in [0.1, 0.15) is 16.7 Å². The normalized spacial score (nSPS) is 23.3. The first kappa shape index (κ1) is 13.2. The maximum atomic E-state index is 12.4. The van der Waals surface area contributed by atoms with Gasteiger partial charge in [-0.15, -0.1) is 0 Å². The summed E-state index contributed by atoms with van der Waals surface area (Å²) in [4.78, 5) is 12.4. The molecule has 0 aromatic heterocycles. The Morgan fingerprint density at radius 1 is 1.33 bits per heavy atom. The Balaban J connectivity index is 2.12. The molecular formula is C15H21NO2. The molecule has 0 saturated carbocycles. The zero-order valence-electron chi connectivity index (χ0n) is 11.3. The van der Waals surface area contributed by atoms with E-state index in [2.05, 4.69) is 31.3 Å². The van der Waals surface area contributed by atoms with E-state index in [9.17, 15) is 4.79 Å². The monoisotopic (exact) mass is 247 g/mol. The number of carbonyl (C=O) groups excluding carboxylic acids is 1. The topological polar surface area (TPSA) is 38.3 Å². The summed E-state index contributed by atoms with van der Waals surface area (Å²) in [6.07, 6.45) is 0.519. The van der Waals surface area contributed by atoms with Gasteiger partial charge in [0.2, 0.25) is 0 Å². The highest BCUT2D eigenvalue weighted by Gasteiger charge is 2.32. The van der Waals surface area contributed by atoms with Gasteiger partial charge >= 0.3 is 0 Å². The van der Waals surface area contributed by atoms with Crippen LogP contribution in [-0.4, -0.2) is 32.1 Å². The first-order chi connectivity index (χ1) is 8.63. The summed E-state index contributed by atoms with van der Waals surface area (Å²) in [5.74, 6) is 0.276. The Morgan fingerprint density at radius 3 is 2.61 bits per heavy atom. The molecule has 0 radical (unpaired) electrons. The average molecular weight is 247 g/mol. The van der Waals surface area contributed by atoms with E-state index in [0.29, 0.717) is 19.6 Å². The van der Waals surface area contributed by atoms with Crippen molar-refractivity contribution < 1.29 is 9.53 Å². The fourth-order valence-corrected chi connectivity index (χ4v) is 2.59. The molecule has 2 atom stereocenters. The minimum absolute atomic E-state index is 0.00555. The molecular weight excluding hydrogens is 226 g/mol. The van der Waals surface area contributed by atoms with Crippen molar-refractivity contribution in [3.05, 3.63) is 34.9 Å². The number of carbonyl (C=O) groups is 1. The zero-order valence-corrected chi connectivity index (χ0v) is 11.3. The molecule has 1 N–H and O–H groups in total. The molecule has 0 spiro atoms. The number of aryl methyl sites for hydroxylation is 2. The number of ketones is 1. The van der Waals surface area contributed by atoms with Gasteiger partial charge in [-0.25, -0.2) is 0 Å². The van der Waals surface area contributed by atoms with E-state index in [4.69, 9.17) is 4.74 Å². The van der Waals surface area contributed by atoms with Gasteiger partial charge in [-0.2, -0.15) is 0 Å². The zero-order chi connectivity index (χ0) is 13.1. The molecule has 0 aliphatic carbocycles. The van der Waals surface area contributed by atoms with Crippen molar-refractivity contribution in [2.75, 3.05) is 20.3 Å². The second-order valence-corrected chi connectivity index (χ2v) is 5.05. The van der Waals surface area contributed by atoms with Crippen molar-refractivity contribution in [3.8, 4) is 0 Å². The minimum Gasteiger partial charge on any atom is -0.379 e. The molecule has 1 fully saturated rings. The number of Topliss-reactive ketones (excluding diaryl/α,β-unsaturated/α-hetero) is 1. The van der Waals surface area contributed by atoms with E-state index in [0.717, 1.165) is 0 Å². The Labute approximate surface area is 109 Å². The van der Waals surface area contributed by atoms with Crippen LogP contribution >= 0.6 is 0 Å². The lowest BCUT2D eigenvalue weighted by atomic mass is 9.90. The van der Waals surface area contributed by atoms with Crippen LogP contribution in [-0.2, 0) is 16.0 Å². The van der Waals surface area contributed by atoms with Gasteiger partial charge in [0, 0.05) is 12.5 Å². The molecule has 0 amide bonds.